The van der Waals surface area contributed by atoms with Crippen molar-refractivity contribution < 1.29 is 4.42 Å². The molecule has 0 aliphatic rings. The number of hydrogen-bond acceptors (Lipinski definition) is 4. The number of fused-ring (bicyclic) bond motifs is 8. The van der Waals surface area contributed by atoms with E-state index in [1.165, 1.54) is 21.8 Å². The second-order valence-electron chi connectivity index (χ2n) is 15.2. The van der Waals surface area contributed by atoms with Gasteiger partial charge in [0.15, 0.2) is 11.4 Å². The largest absolute Gasteiger partial charge is 0.454 e. The SMILES string of the molecule is c1ccc(-c2nc(-c3ccc(-c4ccc5nc(-c6ccccc6)c6oc7ccccc7c6c5c4)cc3)cc(-c3ccc(-n4c5ccccc5c5ccccc54)cc3)n2)cc1. The quantitative estimate of drug-likeness (QED) is 0.169. The molecule has 0 atom stereocenters. The van der Waals surface area contributed by atoms with Gasteiger partial charge in [0, 0.05) is 54.9 Å². The van der Waals surface area contributed by atoms with Crippen molar-refractivity contribution in [1.82, 2.24) is 19.5 Å². The van der Waals surface area contributed by atoms with Gasteiger partial charge in [-0.25, -0.2) is 15.0 Å². The Kier molecular flexibility index (Phi) is 7.78. The van der Waals surface area contributed by atoms with Crippen molar-refractivity contribution in [2.24, 2.45) is 0 Å². The van der Waals surface area contributed by atoms with Gasteiger partial charge in [-0.15, -0.1) is 0 Å². The molecule has 0 spiro atoms. The number of aromatic nitrogens is 4. The van der Waals surface area contributed by atoms with E-state index in [0.29, 0.717) is 5.82 Å². The van der Waals surface area contributed by atoms with Gasteiger partial charge in [0.1, 0.15) is 11.3 Å². The molecule has 0 aliphatic carbocycles. The van der Waals surface area contributed by atoms with Crippen molar-refractivity contribution in [1.29, 1.82) is 0 Å². The van der Waals surface area contributed by atoms with Gasteiger partial charge in [-0.2, -0.15) is 0 Å². The highest BCUT2D eigenvalue weighted by Crippen LogP contribution is 2.41. The molecule has 0 fully saturated rings. The Morgan fingerprint density at radius 3 is 1.57 bits per heavy atom. The number of hydrogen-bond donors (Lipinski definition) is 0. The summed E-state index contributed by atoms with van der Waals surface area (Å²) in [6.07, 6.45) is 0. The maximum Gasteiger partial charge on any atom is 0.162 e. The fourth-order valence-corrected chi connectivity index (χ4v) is 8.73. The lowest BCUT2D eigenvalue weighted by molar-refractivity contribution is 0.669. The van der Waals surface area contributed by atoms with E-state index in [2.05, 4.69) is 162 Å². The molecule has 0 unspecified atom stereocenters. The fourth-order valence-electron chi connectivity index (χ4n) is 8.73. The van der Waals surface area contributed by atoms with Gasteiger partial charge in [0.25, 0.3) is 0 Å². The molecular formula is C55H34N4O. The van der Waals surface area contributed by atoms with Crippen LogP contribution in [-0.4, -0.2) is 19.5 Å². The Labute approximate surface area is 345 Å². The molecule has 0 radical (unpaired) electrons. The van der Waals surface area contributed by atoms with Crippen molar-refractivity contribution in [2.75, 3.05) is 0 Å². The topological polar surface area (TPSA) is 56.7 Å². The number of benzene rings is 8. The minimum atomic E-state index is 0.687. The van der Waals surface area contributed by atoms with Crippen LogP contribution in [0.1, 0.15) is 0 Å². The second kappa shape index (κ2) is 13.8. The molecule has 0 saturated carbocycles. The third kappa shape index (κ3) is 5.59. The number of nitrogens with zero attached hydrogens (tertiary/aromatic N) is 4. The predicted octanol–water partition coefficient (Wildman–Crippen LogP) is 14.4. The molecule has 5 nitrogen and oxygen atoms in total. The molecule has 8 aromatic carbocycles. The highest BCUT2D eigenvalue weighted by Gasteiger charge is 2.19. The zero-order valence-electron chi connectivity index (χ0n) is 32.3. The van der Waals surface area contributed by atoms with Crippen molar-refractivity contribution >= 4 is 54.6 Å². The first kappa shape index (κ1) is 33.9. The maximum absolute atomic E-state index is 6.52. The van der Waals surface area contributed by atoms with Crippen LogP contribution in [0.25, 0.3) is 117 Å². The third-order valence-corrected chi connectivity index (χ3v) is 11.6. The van der Waals surface area contributed by atoms with Crippen LogP contribution in [0.4, 0.5) is 0 Å². The summed E-state index contributed by atoms with van der Waals surface area (Å²) in [5.74, 6) is 0.687. The molecule has 280 valence electrons. The number of pyridine rings is 1. The van der Waals surface area contributed by atoms with E-state index in [4.69, 9.17) is 19.4 Å². The van der Waals surface area contributed by atoms with Crippen molar-refractivity contribution in [2.45, 2.75) is 0 Å². The average Bonchev–Trinajstić information content (AvgIpc) is 3.89. The van der Waals surface area contributed by atoms with Gasteiger partial charge in [0.2, 0.25) is 0 Å². The number of rotatable bonds is 6. The molecule has 0 aliphatic heterocycles. The molecular weight excluding hydrogens is 733 g/mol. The summed E-state index contributed by atoms with van der Waals surface area (Å²) in [6.45, 7) is 0. The van der Waals surface area contributed by atoms with Crippen LogP contribution in [0, 0.1) is 0 Å². The van der Waals surface area contributed by atoms with Gasteiger partial charge < -0.3 is 8.98 Å². The molecule has 0 saturated heterocycles. The molecule has 0 N–H and O–H groups in total. The minimum absolute atomic E-state index is 0.687. The van der Waals surface area contributed by atoms with Gasteiger partial charge >= 0.3 is 0 Å². The molecule has 5 heteroatoms. The van der Waals surface area contributed by atoms with Crippen LogP contribution in [0.3, 0.4) is 0 Å². The molecule has 12 aromatic rings. The van der Waals surface area contributed by atoms with Gasteiger partial charge in [-0.3, -0.25) is 0 Å². The molecule has 4 heterocycles. The molecule has 12 rings (SSSR count). The Hall–Kier alpha value is -8.15. The highest BCUT2D eigenvalue weighted by atomic mass is 16.3. The van der Waals surface area contributed by atoms with E-state index in [1.54, 1.807) is 0 Å². The lowest BCUT2D eigenvalue weighted by atomic mass is 9.97. The van der Waals surface area contributed by atoms with Gasteiger partial charge in [0.05, 0.1) is 27.9 Å². The Morgan fingerprint density at radius 2 is 0.900 bits per heavy atom. The van der Waals surface area contributed by atoms with E-state index in [1.807, 2.05) is 48.5 Å². The van der Waals surface area contributed by atoms with Gasteiger partial charge in [-0.05, 0) is 59.7 Å². The minimum Gasteiger partial charge on any atom is -0.454 e. The van der Waals surface area contributed by atoms with E-state index in [9.17, 15) is 0 Å². The lowest BCUT2D eigenvalue weighted by Crippen LogP contribution is -1.97. The Bertz CT molecular complexity index is 3520. The van der Waals surface area contributed by atoms with E-state index < -0.39 is 0 Å². The third-order valence-electron chi connectivity index (χ3n) is 11.6. The molecule has 0 amide bonds. The summed E-state index contributed by atoms with van der Waals surface area (Å²) in [7, 11) is 0. The van der Waals surface area contributed by atoms with Crippen molar-refractivity contribution in [3.63, 3.8) is 0 Å². The fraction of sp³-hybridized carbons (Fsp3) is 0. The normalized spacial score (nSPS) is 11.7. The summed E-state index contributed by atoms with van der Waals surface area (Å²) in [5.41, 5.74) is 14.9. The van der Waals surface area contributed by atoms with E-state index in [0.717, 1.165) is 89.0 Å². The van der Waals surface area contributed by atoms with Crippen molar-refractivity contribution in [3.05, 3.63) is 206 Å². The standard InChI is InChI=1S/C55H34N4O/c1-3-13-38(14-4-1)53-54-52(44-19-9-12-22-51(44)60-54)45-33-40(29-32-46(45)56-53)35-23-25-36(26-24-35)47-34-48(58-55(57-47)39-15-5-2-6-16-39)37-27-30-41(31-28-37)59-49-20-10-7-17-42(49)43-18-8-11-21-50(43)59/h1-34H. The van der Waals surface area contributed by atoms with Crippen LogP contribution in [0.5, 0.6) is 0 Å². The maximum atomic E-state index is 6.52. The number of furan rings is 1. The zero-order chi connectivity index (χ0) is 39.6. The predicted molar refractivity (Wildman–Crippen MR) is 246 cm³/mol. The Morgan fingerprint density at radius 1 is 0.367 bits per heavy atom. The summed E-state index contributed by atoms with van der Waals surface area (Å²) >= 11 is 0. The highest BCUT2D eigenvalue weighted by molar-refractivity contribution is 6.21. The summed E-state index contributed by atoms with van der Waals surface area (Å²) in [6, 6.07) is 72.0. The molecule has 4 aromatic heterocycles. The monoisotopic (exact) mass is 766 g/mol. The molecule has 0 bridgehead atoms. The van der Waals surface area contributed by atoms with E-state index >= 15 is 0 Å². The van der Waals surface area contributed by atoms with E-state index in [-0.39, 0.29) is 0 Å². The second-order valence-corrected chi connectivity index (χ2v) is 15.2. The van der Waals surface area contributed by atoms with Crippen LogP contribution in [-0.2, 0) is 0 Å². The first-order valence-corrected chi connectivity index (χ1v) is 20.2. The summed E-state index contributed by atoms with van der Waals surface area (Å²) < 4.78 is 8.86. The van der Waals surface area contributed by atoms with Crippen molar-refractivity contribution in [3.8, 4) is 62.0 Å². The zero-order valence-corrected chi connectivity index (χ0v) is 32.3. The lowest BCUT2D eigenvalue weighted by Gasteiger charge is -2.12. The van der Waals surface area contributed by atoms with Gasteiger partial charge in [-0.1, -0.05) is 158 Å². The average molecular weight is 767 g/mol. The summed E-state index contributed by atoms with van der Waals surface area (Å²) in [4.78, 5) is 15.4. The number of para-hydroxylation sites is 3. The van der Waals surface area contributed by atoms with Crippen LogP contribution in [0.15, 0.2) is 211 Å². The van der Waals surface area contributed by atoms with Crippen LogP contribution < -0.4 is 0 Å². The van der Waals surface area contributed by atoms with Crippen LogP contribution in [0.2, 0.25) is 0 Å². The summed E-state index contributed by atoms with van der Waals surface area (Å²) in [5, 5.41) is 5.72. The Balaban J connectivity index is 0.935. The molecule has 60 heavy (non-hydrogen) atoms. The smallest absolute Gasteiger partial charge is 0.162 e. The first-order chi connectivity index (χ1) is 29.7. The first-order valence-electron chi connectivity index (χ1n) is 20.2. The van der Waals surface area contributed by atoms with Crippen LogP contribution >= 0.6 is 0 Å².